The maximum atomic E-state index is 12.0. The number of amides is 1. The molecule has 0 spiro atoms. The van der Waals surface area contributed by atoms with E-state index in [1.807, 2.05) is 60.7 Å². The summed E-state index contributed by atoms with van der Waals surface area (Å²) in [5, 5.41) is 9.42. The maximum absolute atomic E-state index is 12.0. The highest BCUT2D eigenvalue weighted by atomic mass is 16.3. The maximum Gasteiger partial charge on any atom is 0.225 e. The summed E-state index contributed by atoms with van der Waals surface area (Å²) in [6.45, 7) is 0.0158. The van der Waals surface area contributed by atoms with E-state index in [1.54, 1.807) is 4.90 Å². The highest BCUT2D eigenvalue weighted by Gasteiger charge is 2.41. The lowest BCUT2D eigenvalue weighted by Crippen LogP contribution is -2.56. The third-order valence-electron chi connectivity index (χ3n) is 3.81. The summed E-state index contributed by atoms with van der Waals surface area (Å²) in [6, 6.07) is 19.7. The number of carbonyl (C=O) groups is 1. The minimum atomic E-state index is -0.115. The van der Waals surface area contributed by atoms with E-state index >= 15 is 0 Å². The van der Waals surface area contributed by atoms with Gasteiger partial charge < -0.3 is 10.0 Å². The normalized spacial score (nSPS) is 18.2. The smallest absolute Gasteiger partial charge is 0.225 e. The molecule has 1 heterocycles. The summed E-state index contributed by atoms with van der Waals surface area (Å²) in [4.78, 5) is 13.8. The quantitative estimate of drug-likeness (QED) is 0.864. The van der Waals surface area contributed by atoms with Crippen molar-refractivity contribution in [2.24, 2.45) is 0 Å². The van der Waals surface area contributed by atoms with Crippen molar-refractivity contribution in [1.29, 1.82) is 0 Å². The van der Waals surface area contributed by atoms with Gasteiger partial charge in [-0.3, -0.25) is 4.79 Å². The van der Waals surface area contributed by atoms with Gasteiger partial charge in [0.2, 0.25) is 5.91 Å². The van der Waals surface area contributed by atoms with Gasteiger partial charge in [-0.15, -0.1) is 0 Å². The van der Waals surface area contributed by atoms with Crippen LogP contribution >= 0.6 is 0 Å². The van der Waals surface area contributed by atoms with E-state index in [0.717, 1.165) is 11.1 Å². The minimum Gasteiger partial charge on any atom is -0.394 e. The van der Waals surface area contributed by atoms with Gasteiger partial charge in [0.1, 0.15) is 0 Å². The van der Waals surface area contributed by atoms with Crippen LogP contribution < -0.4 is 0 Å². The van der Waals surface area contributed by atoms with Gasteiger partial charge in [0, 0.05) is 6.42 Å². The fraction of sp³-hybridized carbons (Fsp3) is 0.235. The molecular formula is C17H17NO2. The molecule has 1 N–H and O–H groups in total. The highest BCUT2D eigenvalue weighted by molar-refractivity contribution is 5.84. The standard InChI is InChI=1S/C17H17NO2/c19-12-15-11-16(20)18(15)17(13-7-3-1-4-8-13)14-9-5-2-6-10-14/h1-10,15,17,19H,11-12H2. The number of carbonyl (C=O) groups excluding carboxylic acids is 1. The Morgan fingerprint density at radius 2 is 1.50 bits per heavy atom. The first-order chi connectivity index (χ1) is 9.81. The van der Waals surface area contributed by atoms with Crippen molar-refractivity contribution in [3.63, 3.8) is 0 Å². The first-order valence-corrected chi connectivity index (χ1v) is 6.83. The summed E-state index contributed by atoms with van der Waals surface area (Å²) in [7, 11) is 0. The molecule has 20 heavy (non-hydrogen) atoms. The van der Waals surface area contributed by atoms with Crippen molar-refractivity contribution in [3.05, 3.63) is 71.8 Å². The number of β-lactam (4-membered cyclic amide) rings is 1. The van der Waals surface area contributed by atoms with Crippen molar-refractivity contribution in [3.8, 4) is 0 Å². The van der Waals surface area contributed by atoms with Gasteiger partial charge in [-0.2, -0.15) is 0 Å². The van der Waals surface area contributed by atoms with Crippen LogP contribution in [-0.4, -0.2) is 28.6 Å². The molecule has 2 aromatic carbocycles. The third kappa shape index (κ3) is 2.21. The van der Waals surface area contributed by atoms with Gasteiger partial charge >= 0.3 is 0 Å². The second-order valence-corrected chi connectivity index (χ2v) is 5.07. The van der Waals surface area contributed by atoms with Crippen molar-refractivity contribution in [2.45, 2.75) is 18.5 Å². The van der Waals surface area contributed by atoms with Crippen molar-refractivity contribution < 1.29 is 9.90 Å². The number of nitrogens with zero attached hydrogens (tertiary/aromatic N) is 1. The van der Waals surface area contributed by atoms with Crippen LogP contribution in [0.2, 0.25) is 0 Å². The van der Waals surface area contributed by atoms with Gasteiger partial charge in [0.15, 0.2) is 0 Å². The molecule has 0 radical (unpaired) electrons. The zero-order chi connectivity index (χ0) is 13.9. The molecule has 0 aromatic heterocycles. The van der Waals surface area contributed by atoms with Gasteiger partial charge in [-0.05, 0) is 11.1 Å². The molecule has 0 saturated carbocycles. The molecule has 0 aliphatic carbocycles. The molecular weight excluding hydrogens is 250 g/mol. The molecule has 1 unspecified atom stereocenters. The molecule has 3 heteroatoms. The molecule has 3 rings (SSSR count). The molecule has 1 fully saturated rings. The largest absolute Gasteiger partial charge is 0.394 e. The number of benzene rings is 2. The summed E-state index contributed by atoms with van der Waals surface area (Å²) < 4.78 is 0. The van der Waals surface area contributed by atoms with Crippen LogP contribution in [0.25, 0.3) is 0 Å². The number of aliphatic hydroxyl groups is 1. The number of likely N-dealkylation sites (tertiary alicyclic amines) is 1. The van der Waals surface area contributed by atoms with Crippen molar-refractivity contribution in [2.75, 3.05) is 6.61 Å². The Morgan fingerprint density at radius 1 is 1.00 bits per heavy atom. The molecule has 2 aromatic rings. The zero-order valence-electron chi connectivity index (χ0n) is 11.1. The van der Waals surface area contributed by atoms with E-state index in [0.29, 0.717) is 6.42 Å². The zero-order valence-corrected chi connectivity index (χ0v) is 11.1. The lowest BCUT2D eigenvalue weighted by molar-refractivity contribution is -0.151. The third-order valence-corrected chi connectivity index (χ3v) is 3.81. The summed E-state index contributed by atoms with van der Waals surface area (Å²) >= 11 is 0. The Morgan fingerprint density at radius 3 is 1.90 bits per heavy atom. The molecule has 1 atom stereocenters. The number of hydrogen-bond acceptors (Lipinski definition) is 2. The van der Waals surface area contributed by atoms with Gasteiger partial charge in [0.05, 0.1) is 18.7 Å². The van der Waals surface area contributed by atoms with Crippen LogP contribution in [0.5, 0.6) is 0 Å². The fourth-order valence-corrected chi connectivity index (χ4v) is 2.79. The molecule has 3 nitrogen and oxygen atoms in total. The molecule has 1 aliphatic rings. The average Bonchev–Trinajstić information content (AvgIpc) is 2.51. The van der Waals surface area contributed by atoms with Crippen LogP contribution in [0.4, 0.5) is 0 Å². The predicted molar refractivity (Wildman–Crippen MR) is 77.1 cm³/mol. The molecule has 102 valence electrons. The van der Waals surface area contributed by atoms with Gasteiger partial charge in [-0.1, -0.05) is 60.7 Å². The second kappa shape index (κ2) is 5.47. The van der Waals surface area contributed by atoms with Crippen LogP contribution in [0.3, 0.4) is 0 Å². The predicted octanol–water partition coefficient (Wildman–Crippen LogP) is 2.37. The van der Waals surface area contributed by atoms with Crippen molar-refractivity contribution >= 4 is 5.91 Å². The number of hydrogen-bond donors (Lipinski definition) is 1. The highest BCUT2D eigenvalue weighted by Crippen LogP contribution is 2.36. The van der Waals surface area contributed by atoms with Gasteiger partial charge in [0.25, 0.3) is 0 Å². The number of aliphatic hydroxyl groups excluding tert-OH is 1. The van der Waals surface area contributed by atoms with Crippen LogP contribution in [0.15, 0.2) is 60.7 Å². The Labute approximate surface area is 118 Å². The lowest BCUT2D eigenvalue weighted by Gasteiger charge is -2.45. The van der Waals surface area contributed by atoms with Gasteiger partial charge in [-0.25, -0.2) is 0 Å². The molecule has 1 saturated heterocycles. The van der Waals surface area contributed by atoms with E-state index < -0.39 is 0 Å². The monoisotopic (exact) mass is 267 g/mol. The SMILES string of the molecule is O=C1CC(CO)N1C(c1ccccc1)c1ccccc1. The van der Waals surface area contributed by atoms with Crippen LogP contribution in [-0.2, 0) is 4.79 Å². The molecule has 0 bridgehead atoms. The summed E-state index contributed by atoms with van der Waals surface area (Å²) in [5.74, 6) is 0.0988. The van der Waals surface area contributed by atoms with E-state index in [4.69, 9.17) is 0 Å². The van der Waals surface area contributed by atoms with E-state index in [9.17, 15) is 9.90 Å². The first-order valence-electron chi connectivity index (χ1n) is 6.83. The lowest BCUT2D eigenvalue weighted by atomic mass is 9.90. The summed E-state index contributed by atoms with van der Waals surface area (Å²) in [6.07, 6.45) is 0.437. The Balaban J connectivity index is 2.03. The van der Waals surface area contributed by atoms with Crippen LogP contribution in [0.1, 0.15) is 23.6 Å². The van der Waals surface area contributed by atoms with E-state index in [2.05, 4.69) is 0 Å². The van der Waals surface area contributed by atoms with Crippen molar-refractivity contribution in [1.82, 2.24) is 4.90 Å². The average molecular weight is 267 g/mol. The minimum absolute atomic E-state index is 0.0158. The molecule has 1 amide bonds. The Bertz CT molecular complexity index is 543. The Kier molecular flexibility index (Phi) is 3.52. The fourth-order valence-electron chi connectivity index (χ4n) is 2.79. The van der Waals surface area contributed by atoms with Crippen LogP contribution in [0, 0.1) is 0 Å². The number of rotatable bonds is 4. The first kappa shape index (κ1) is 12.9. The van der Waals surface area contributed by atoms with E-state index in [1.165, 1.54) is 0 Å². The Hall–Kier alpha value is -2.13. The molecule has 1 aliphatic heterocycles. The summed E-state index contributed by atoms with van der Waals surface area (Å²) in [5.41, 5.74) is 2.15. The van der Waals surface area contributed by atoms with E-state index in [-0.39, 0.29) is 24.6 Å². The topological polar surface area (TPSA) is 40.5 Å². The second-order valence-electron chi connectivity index (χ2n) is 5.07.